The molecule has 0 spiro atoms. The van der Waals surface area contributed by atoms with E-state index in [-0.39, 0.29) is 23.6 Å². The maximum absolute atomic E-state index is 13.4. The third-order valence-corrected chi connectivity index (χ3v) is 5.22. The highest BCUT2D eigenvalue weighted by molar-refractivity contribution is 7.89. The van der Waals surface area contributed by atoms with Crippen LogP contribution in [0.4, 0.5) is 4.39 Å². The lowest BCUT2D eigenvalue weighted by molar-refractivity contribution is 0.0657. The van der Waals surface area contributed by atoms with Crippen LogP contribution < -0.4 is 14.2 Å². The fourth-order valence-electron chi connectivity index (χ4n) is 2.43. The molecule has 0 aliphatic carbocycles. The van der Waals surface area contributed by atoms with E-state index in [0.717, 1.165) is 17.7 Å². The Balaban J connectivity index is 2.11. The van der Waals surface area contributed by atoms with Gasteiger partial charge in [0.2, 0.25) is 10.0 Å². The number of benzene rings is 2. The van der Waals surface area contributed by atoms with Crippen molar-refractivity contribution < 1.29 is 27.4 Å². The first-order chi connectivity index (χ1) is 12.2. The van der Waals surface area contributed by atoms with Crippen LogP contribution in [-0.2, 0) is 16.4 Å². The van der Waals surface area contributed by atoms with Gasteiger partial charge in [-0.15, -0.1) is 0 Å². The highest BCUT2D eigenvalue weighted by Gasteiger charge is 2.27. The van der Waals surface area contributed by atoms with Gasteiger partial charge in [0.15, 0.2) is 0 Å². The molecule has 0 aliphatic rings. The van der Waals surface area contributed by atoms with E-state index < -0.39 is 21.4 Å². The fourth-order valence-corrected chi connectivity index (χ4v) is 3.77. The Morgan fingerprint density at radius 3 is 2.35 bits per heavy atom. The number of sulfonamides is 1. The predicted molar refractivity (Wildman–Crippen MR) is 95.5 cm³/mol. The van der Waals surface area contributed by atoms with Crippen molar-refractivity contribution in [1.82, 2.24) is 4.72 Å². The number of aliphatic hydroxyl groups is 1. The molecule has 0 radical (unpaired) electrons. The standard InChI is InChI=1S/C18H22FNO5S/c1-18(21,11-13-4-7-15(24-2)8-5-13)12-20-26(22,23)17-10-14(19)6-9-16(17)25-3/h4-10,20-21H,11-12H2,1-3H3. The minimum atomic E-state index is -4.06. The third-order valence-electron chi connectivity index (χ3n) is 3.80. The Labute approximate surface area is 152 Å². The Morgan fingerprint density at radius 1 is 1.12 bits per heavy atom. The highest BCUT2D eigenvalue weighted by atomic mass is 32.2. The monoisotopic (exact) mass is 383 g/mol. The number of hydrogen-bond donors (Lipinski definition) is 2. The van der Waals surface area contributed by atoms with Gasteiger partial charge in [-0.1, -0.05) is 12.1 Å². The molecule has 0 aliphatic heterocycles. The second kappa shape index (κ2) is 8.03. The van der Waals surface area contributed by atoms with Gasteiger partial charge >= 0.3 is 0 Å². The predicted octanol–water partition coefficient (Wildman–Crippen LogP) is 2.11. The molecule has 0 bridgehead atoms. The molecular formula is C18H22FNO5S. The molecule has 0 heterocycles. The lowest BCUT2D eigenvalue weighted by Crippen LogP contribution is -2.42. The summed E-state index contributed by atoms with van der Waals surface area (Å²) in [7, 11) is -1.20. The van der Waals surface area contributed by atoms with Gasteiger partial charge in [-0.25, -0.2) is 17.5 Å². The molecule has 8 heteroatoms. The van der Waals surface area contributed by atoms with Crippen LogP contribution >= 0.6 is 0 Å². The largest absolute Gasteiger partial charge is 0.497 e. The van der Waals surface area contributed by atoms with Crippen molar-refractivity contribution in [3.05, 3.63) is 53.8 Å². The van der Waals surface area contributed by atoms with Gasteiger partial charge in [0.05, 0.1) is 19.8 Å². The Morgan fingerprint density at radius 2 is 1.77 bits per heavy atom. The van der Waals surface area contributed by atoms with Crippen LogP contribution in [0.5, 0.6) is 11.5 Å². The van der Waals surface area contributed by atoms with Crippen molar-refractivity contribution in [3.8, 4) is 11.5 Å². The zero-order chi connectivity index (χ0) is 19.4. The lowest BCUT2D eigenvalue weighted by Gasteiger charge is -2.24. The Hall–Kier alpha value is -2.16. The second-order valence-electron chi connectivity index (χ2n) is 6.14. The molecule has 0 aromatic heterocycles. The summed E-state index contributed by atoms with van der Waals surface area (Å²) < 4.78 is 50.7. The summed E-state index contributed by atoms with van der Waals surface area (Å²) in [6.45, 7) is 1.27. The van der Waals surface area contributed by atoms with E-state index in [4.69, 9.17) is 9.47 Å². The average molecular weight is 383 g/mol. The lowest BCUT2D eigenvalue weighted by atomic mass is 9.97. The molecule has 0 saturated carbocycles. The maximum atomic E-state index is 13.4. The summed E-state index contributed by atoms with van der Waals surface area (Å²) in [6.07, 6.45) is 0.222. The molecule has 1 unspecified atom stereocenters. The van der Waals surface area contributed by atoms with Crippen LogP contribution in [0.2, 0.25) is 0 Å². The van der Waals surface area contributed by atoms with E-state index in [1.807, 2.05) is 0 Å². The summed E-state index contributed by atoms with van der Waals surface area (Å²) in [4.78, 5) is -0.319. The quantitative estimate of drug-likeness (QED) is 0.729. The molecule has 0 fully saturated rings. The van der Waals surface area contributed by atoms with E-state index in [1.165, 1.54) is 20.1 Å². The molecule has 2 N–H and O–H groups in total. The van der Waals surface area contributed by atoms with Crippen molar-refractivity contribution in [1.29, 1.82) is 0 Å². The number of ether oxygens (including phenoxy) is 2. The molecule has 0 amide bonds. The molecule has 1 atom stereocenters. The Bertz CT molecular complexity index is 850. The first-order valence-electron chi connectivity index (χ1n) is 7.85. The van der Waals surface area contributed by atoms with Crippen LogP contribution in [0.15, 0.2) is 47.4 Å². The minimum Gasteiger partial charge on any atom is -0.497 e. The van der Waals surface area contributed by atoms with Crippen molar-refractivity contribution in [3.63, 3.8) is 0 Å². The van der Waals surface area contributed by atoms with Crippen molar-refractivity contribution >= 4 is 10.0 Å². The van der Waals surface area contributed by atoms with E-state index in [0.29, 0.717) is 5.75 Å². The van der Waals surface area contributed by atoms with Gasteiger partial charge < -0.3 is 14.6 Å². The normalized spacial score (nSPS) is 13.9. The molecule has 0 saturated heterocycles. The first-order valence-corrected chi connectivity index (χ1v) is 9.34. The van der Waals surface area contributed by atoms with Gasteiger partial charge in [-0.05, 0) is 42.8 Å². The van der Waals surface area contributed by atoms with Gasteiger partial charge in [0.1, 0.15) is 22.2 Å². The van der Waals surface area contributed by atoms with E-state index >= 15 is 0 Å². The van der Waals surface area contributed by atoms with E-state index in [1.54, 1.807) is 31.4 Å². The number of halogens is 1. The zero-order valence-corrected chi connectivity index (χ0v) is 15.6. The molecule has 2 aromatic carbocycles. The molecule has 6 nitrogen and oxygen atoms in total. The van der Waals surface area contributed by atoms with Crippen LogP contribution in [-0.4, -0.2) is 39.9 Å². The first kappa shape index (κ1) is 20.2. The second-order valence-corrected chi connectivity index (χ2v) is 7.88. The van der Waals surface area contributed by atoms with Crippen molar-refractivity contribution in [2.75, 3.05) is 20.8 Å². The Kier molecular flexibility index (Phi) is 6.22. The van der Waals surface area contributed by atoms with Crippen molar-refractivity contribution in [2.45, 2.75) is 23.8 Å². The highest BCUT2D eigenvalue weighted by Crippen LogP contribution is 2.25. The van der Waals surface area contributed by atoms with E-state index in [9.17, 15) is 17.9 Å². The molecule has 26 heavy (non-hydrogen) atoms. The topological polar surface area (TPSA) is 84.9 Å². The SMILES string of the molecule is COc1ccc(CC(C)(O)CNS(=O)(=O)c2cc(F)ccc2OC)cc1. The van der Waals surface area contributed by atoms with Crippen LogP contribution in [0, 0.1) is 5.82 Å². The minimum absolute atomic E-state index is 0.0219. The number of nitrogens with one attached hydrogen (secondary N) is 1. The molecule has 2 rings (SSSR count). The average Bonchev–Trinajstić information content (AvgIpc) is 2.60. The van der Waals surface area contributed by atoms with Gasteiger partial charge in [0.25, 0.3) is 0 Å². The number of methoxy groups -OCH3 is 2. The van der Waals surface area contributed by atoms with Gasteiger partial charge in [-0.3, -0.25) is 0 Å². The summed E-state index contributed by atoms with van der Waals surface area (Å²) in [5, 5.41) is 10.5. The van der Waals surface area contributed by atoms with Gasteiger partial charge in [0, 0.05) is 13.0 Å². The van der Waals surface area contributed by atoms with Crippen LogP contribution in [0.3, 0.4) is 0 Å². The summed E-state index contributed by atoms with van der Waals surface area (Å²) in [5.74, 6) is 0.0113. The summed E-state index contributed by atoms with van der Waals surface area (Å²) in [5.41, 5.74) is -0.527. The molecular weight excluding hydrogens is 361 g/mol. The number of rotatable bonds is 8. The van der Waals surface area contributed by atoms with Crippen LogP contribution in [0.25, 0.3) is 0 Å². The zero-order valence-electron chi connectivity index (χ0n) is 14.8. The summed E-state index contributed by atoms with van der Waals surface area (Å²) in [6, 6.07) is 10.3. The maximum Gasteiger partial charge on any atom is 0.244 e. The number of hydrogen-bond acceptors (Lipinski definition) is 5. The molecule has 2 aromatic rings. The third kappa shape index (κ3) is 5.17. The van der Waals surface area contributed by atoms with E-state index in [2.05, 4.69) is 4.72 Å². The van der Waals surface area contributed by atoms with Crippen molar-refractivity contribution in [2.24, 2.45) is 0 Å². The molecule has 142 valence electrons. The smallest absolute Gasteiger partial charge is 0.244 e. The fraction of sp³-hybridized carbons (Fsp3) is 0.333. The van der Waals surface area contributed by atoms with Gasteiger partial charge in [-0.2, -0.15) is 0 Å². The van der Waals surface area contributed by atoms with Crippen LogP contribution in [0.1, 0.15) is 12.5 Å². The summed E-state index contributed by atoms with van der Waals surface area (Å²) >= 11 is 0.